The Balaban J connectivity index is 2.37. The molecule has 1 rings (SSSR count). The molecule has 1 saturated carbocycles. The van der Waals surface area contributed by atoms with Crippen molar-refractivity contribution in [1.29, 1.82) is 0 Å². The first-order valence-electron chi connectivity index (χ1n) is 8.62. The molecular weight excluding hydrogens is 234 g/mol. The first-order valence-corrected chi connectivity index (χ1v) is 8.62. The SMILES string of the molecule is CCCNC(CCCOCC)C1CCCC(CC)C1. The van der Waals surface area contributed by atoms with E-state index in [9.17, 15) is 0 Å². The summed E-state index contributed by atoms with van der Waals surface area (Å²) in [6.07, 6.45) is 10.9. The summed E-state index contributed by atoms with van der Waals surface area (Å²) in [5.41, 5.74) is 0. The molecule has 1 fully saturated rings. The van der Waals surface area contributed by atoms with Gasteiger partial charge in [0.2, 0.25) is 0 Å². The van der Waals surface area contributed by atoms with Crippen molar-refractivity contribution < 1.29 is 4.74 Å². The minimum absolute atomic E-state index is 0.731. The Morgan fingerprint density at radius 3 is 2.74 bits per heavy atom. The van der Waals surface area contributed by atoms with Crippen molar-refractivity contribution in [3.63, 3.8) is 0 Å². The van der Waals surface area contributed by atoms with E-state index < -0.39 is 0 Å². The molecule has 0 radical (unpaired) electrons. The van der Waals surface area contributed by atoms with Gasteiger partial charge in [0, 0.05) is 19.3 Å². The quantitative estimate of drug-likeness (QED) is 0.594. The maximum absolute atomic E-state index is 5.49. The second kappa shape index (κ2) is 10.7. The summed E-state index contributed by atoms with van der Waals surface area (Å²) in [5, 5.41) is 3.81. The summed E-state index contributed by atoms with van der Waals surface area (Å²) in [6.45, 7) is 9.67. The molecule has 0 saturated heterocycles. The van der Waals surface area contributed by atoms with Gasteiger partial charge in [0.1, 0.15) is 0 Å². The van der Waals surface area contributed by atoms with E-state index in [1.54, 1.807) is 0 Å². The van der Waals surface area contributed by atoms with E-state index in [1.807, 2.05) is 0 Å². The van der Waals surface area contributed by atoms with Gasteiger partial charge in [-0.05, 0) is 57.4 Å². The summed E-state index contributed by atoms with van der Waals surface area (Å²) < 4.78 is 5.49. The molecule has 0 heterocycles. The average molecular weight is 269 g/mol. The van der Waals surface area contributed by atoms with Gasteiger partial charge in [-0.1, -0.05) is 33.1 Å². The Morgan fingerprint density at radius 1 is 1.21 bits per heavy atom. The van der Waals surface area contributed by atoms with E-state index in [0.717, 1.165) is 31.1 Å². The molecule has 0 aromatic carbocycles. The van der Waals surface area contributed by atoms with Gasteiger partial charge in [0.05, 0.1) is 0 Å². The predicted molar refractivity (Wildman–Crippen MR) is 83.5 cm³/mol. The number of hydrogen-bond acceptors (Lipinski definition) is 2. The molecule has 0 bridgehead atoms. The van der Waals surface area contributed by atoms with Crippen LogP contribution >= 0.6 is 0 Å². The van der Waals surface area contributed by atoms with Crippen LogP contribution in [-0.4, -0.2) is 25.8 Å². The van der Waals surface area contributed by atoms with Crippen LogP contribution in [0.1, 0.15) is 72.1 Å². The molecule has 2 nitrogen and oxygen atoms in total. The van der Waals surface area contributed by atoms with Gasteiger partial charge in [0.25, 0.3) is 0 Å². The molecule has 1 N–H and O–H groups in total. The molecule has 19 heavy (non-hydrogen) atoms. The minimum Gasteiger partial charge on any atom is -0.382 e. The smallest absolute Gasteiger partial charge is 0.0466 e. The zero-order valence-corrected chi connectivity index (χ0v) is 13.4. The van der Waals surface area contributed by atoms with Crippen molar-refractivity contribution >= 4 is 0 Å². The highest BCUT2D eigenvalue weighted by Gasteiger charge is 2.26. The fourth-order valence-corrected chi connectivity index (χ4v) is 3.45. The third kappa shape index (κ3) is 6.76. The Hall–Kier alpha value is -0.0800. The van der Waals surface area contributed by atoms with E-state index in [0.29, 0.717) is 0 Å². The molecule has 0 aromatic rings. The number of rotatable bonds is 10. The van der Waals surface area contributed by atoms with Crippen LogP contribution in [-0.2, 0) is 4.74 Å². The fraction of sp³-hybridized carbons (Fsp3) is 1.00. The Labute approximate surface area is 120 Å². The first kappa shape index (κ1) is 17.0. The van der Waals surface area contributed by atoms with E-state index in [-0.39, 0.29) is 0 Å². The van der Waals surface area contributed by atoms with E-state index in [1.165, 1.54) is 57.9 Å². The van der Waals surface area contributed by atoms with E-state index in [4.69, 9.17) is 4.74 Å². The molecule has 0 spiro atoms. The van der Waals surface area contributed by atoms with Crippen LogP contribution in [0.5, 0.6) is 0 Å². The number of nitrogens with one attached hydrogen (secondary N) is 1. The lowest BCUT2D eigenvalue weighted by Gasteiger charge is -2.35. The van der Waals surface area contributed by atoms with Gasteiger partial charge < -0.3 is 10.1 Å². The van der Waals surface area contributed by atoms with Gasteiger partial charge in [-0.25, -0.2) is 0 Å². The Kier molecular flexibility index (Phi) is 9.54. The van der Waals surface area contributed by atoms with Crippen LogP contribution in [0.25, 0.3) is 0 Å². The highest BCUT2D eigenvalue weighted by atomic mass is 16.5. The minimum atomic E-state index is 0.731. The normalized spacial score (nSPS) is 25.4. The summed E-state index contributed by atoms with van der Waals surface area (Å²) in [4.78, 5) is 0. The standard InChI is InChI=1S/C17H35NO/c1-4-12-18-17(11-8-13-19-6-3)16-10-7-9-15(5-2)14-16/h15-18H,4-14H2,1-3H3. The molecule has 0 aromatic heterocycles. The van der Waals surface area contributed by atoms with Gasteiger partial charge in [-0.3, -0.25) is 0 Å². The molecule has 3 unspecified atom stereocenters. The van der Waals surface area contributed by atoms with Gasteiger partial charge >= 0.3 is 0 Å². The second-order valence-corrected chi connectivity index (χ2v) is 6.10. The topological polar surface area (TPSA) is 21.3 Å². The summed E-state index contributed by atoms with van der Waals surface area (Å²) >= 11 is 0. The first-order chi connectivity index (χ1) is 9.31. The van der Waals surface area contributed by atoms with E-state index in [2.05, 4.69) is 26.1 Å². The maximum atomic E-state index is 5.49. The maximum Gasteiger partial charge on any atom is 0.0466 e. The molecule has 2 heteroatoms. The summed E-state index contributed by atoms with van der Waals surface area (Å²) in [7, 11) is 0. The zero-order valence-electron chi connectivity index (χ0n) is 13.4. The van der Waals surface area contributed by atoms with Crippen LogP contribution < -0.4 is 5.32 Å². The van der Waals surface area contributed by atoms with Crippen molar-refractivity contribution in [2.45, 2.75) is 78.2 Å². The molecule has 0 aliphatic heterocycles. The third-order valence-corrected chi connectivity index (χ3v) is 4.63. The van der Waals surface area contributed by atoms with Gasteiger partial charge in [-0.15, -0.1) is 0 Å². The molecule has 1 aliphatic rings. The van der Waals surface area contributed by atoms with Crippen molar-refractivity contribution in [2.75, 3.05) is 19.8 Å². The average Bonchev–Trinajstić information content (AvgIpc) is 2.46. The fourth-order valence-electron chi connectivity index (χ4n) is 3.45. The number of ether oxygens (including phenoxy) is 1. The molecular formula is C17H35NO. The second-order valence-electron chi connectivity index (χ2n) is 6.10. The molecule has 3 atom stereocenters. The van der Waals surface area contributed by atoms with Gasteiger partial charge in [-0.2, -0.15) is 0 Å². The lowest BCUT2D eigenvalue weighted by atomic mass is 9.76. The highest BCUT2D eigenvalue weighted by molar-refractivity contribution is 4.82. The van der Waals surface area contributed by atoms with Crippen LogP contribution in [0, 0.1) is 11.8 Å². The van der Waals surface area contributed by atoms with Crippen LogP contribution in [0.15, 0.2) is 0 Å². The molecule has 0 amide bonds. The van der Waals surface area contributed by atoms with Crippen molar-refractivity contribution in [3.8, 4) is 0 Å². The van der Waals surface area contributed by atoms with E-state index >= 15 is 0 Å². The largest absolute Gasteiger partial charge is 0.382 e. The van der Waals surface area contributed by atoms with Crippen LogP contribution in [0.4, 0.5) is 0 Å². The van der Waals surface area contributed by atoms with Crippen molar-refractivity contribution in [3.05, 3.63) is 0 Å². The monoisotopic (exact) mass is 269 g/mol. The van der Waals surface area contributed by atoms with Crippen LogP contribution in [0.3, 0.4) is 0 Å². The summed E-state index contributed by atoms with van der Waals surface area (Å²) in [6, 6.07) is 0.731. The highest BCUT2D eigenvalue weighted by Crippen LogP contribution is 2.34. The predicted octanol–water partition coefficient (Wildman–Crippen LogP) is 4.39. The zero-order chi connectivity index (χ0) is 13.9. The van der Waals surface area contributed by atoms with Crippen LogP contribution in [0.2, 0.25) is 0 Å². The Morgan fingerprint density at radius 2 is 2.05 bits per heavy atom. The van der Waals surface area contributed by atoms with Gasteiger partial charge in [0.15, 0.2) is 0 Å². The summed E-state index contributed by atoms with van der Waals surface area (Å²) in [5.74, 6) is 1.89. The van der Waals surface area contributed by atoms with Crippen molar-refractivity contribution in [1.82, 2.24) is 5.32 Å². The van der Waals surface area contributed by atoms with Crippen molar-refractivity contribution in [2.24, 2.45) is 11.8 Å². The Bertz CT molecular complexity index is 207. The lowest BCUT2D eigenvalue weighted by Crippen LogP contribution is -2.39. The third-order valence-electron chi connectivity index (χ3n) is 4.63. The molecule has 1 aliphatic carbocycles. The lowest BCUT2D eigenvalue weighted by molar-refractivity contribution is 0.132. The number of hydrogen-bond donors (Lipinski definition) is 1. The molecule has 114 valence electrons.